The van der Waals surface area contributed by atoms with Gasteiger partial charge in [0.25, 0.3) is 11.5 Å². The number of aromatic nitrogens is 5. The fraction of sp³-hybridized carbons (Fsp3) is 0.222. The lowest BCUT2D eigenvalue weighted by molar-refractivity contribution is 0.0919. The standard InChI is InChI=1S/C27H24N6O2/c34-26-22-6-2-1-5-21(22)25(31-32-26)17-7-9-20(10-8-17)30-27(35)23-16-29-24-14-18(11-13-33(23)24)19-4-3-12-28-15-19/h1-6,11-17,20H,7-10H2,(H,30,35)(H,32,34)/t17-,20-. The minimum absolute atomic E-state index is 0.0907. The molecule has 1 aliphatic carbocycles. The molecule has 1 aliphatic rings. The third kappa shape index (κ3) is 3.97. The third-order valence-electron chi connectivity index (χ3n) is 6.92. The second-order valence-electron chi connectivity index (χ2n) is 9.03. The predicted octanol–water partition coefficient (Wildman–Crippen LogP) is 4.09. The van der Waals surface area contributed by atoms with Crippen molar-refractivity contribution in [3.05, 3.63) is 95.1 Å². The van der Waals surface area contributed by atoms with Gasteiger partial charge in [0.05, 0.1) is 17.3 Å². The molecule has 6 rings (SSSR count). The lowest BCUT2D eigenvalue weighted by Crippen LogP contribution is -2.38. The Hall–Kier alpha value is -4.33. The molecule has 2 N–H and O–H groups in total. The molecule has 0 spiro atoms. The van der Waals surface area contributed by atoms with E-state index in [0.29, 0.717) is 11.1 Å². The van der Waals surface area contributed by atoms with Crippen LogP contribution in [-0.2, 0) is 0 Å². The van der Waals surface area contributed by atoms with Gasteiger partial charge in [-0.3, -0.25) is 19.0 Å². The van der Waals surface area contributed by atoms with Gasteiger partial charge in [-0.2, -0.15) is 5.10 Å². The van der Waals surface area contributed by atoms with Crippen molar-refractivity contribution < 1.29 is 4.79 Å². The molecule has 5 aromatic rings. The molecule has 1 amide bonds. The van der Waals surface area contributed by atoms with E-state index in [1.54, 1.807) is 12.4 Å². The summed E-state index contributed by atoms with van der Waals surface area (Å²) in [6.45, 7) is 0. The minimum atomic E-state index is -0.161. The molecular formula is C27H24N6O2. The zero-order valence-corrected chi connectivity index (χ0v) is 19.0. The summed E-state index contributed by atoms with van der Waals surface area (Å²) >= 11 is 0. The van der Waals surface area contributed by atoms with Crippen molar-refractivity contribution in [2.24, 2.45) is 0 Å². The first kappa shape index (κ1) is 21.2. The number of nitrogens with one attached hydrogen (secondary N) is 2. The van der Waals surface area contributed by atoms with Crippen LogP contribution >= 0.6 is 0 Å². The average molecular weight is 465 g/mol. The molecule has 0 atom stereocenters. The molecule has 174 valence electrons. The third-order valence-corrected chi connectivity index (χ3v) is 6.92. The van der Waals surface area contributed by atoms with E-state index in [1.165, 1.54) is 0 Å². The maximum atomic E-state index is 13.1. The number of fused-ring (bicyclic) bond motifs is 2. The highest BCUT2D eigenvalue weighted by molar-refractivity contribution is 5.93. The first-order valence-corrected chi connectivity index (χ1v) is 11.8. The number of aromatic amines is 1. The number of imidazole rings is 1. The Morgan fingerprint density at radius 3 is 2.60 bits per heavy atom. The zero-order valence-electron chi connectivity index (χ0n) is 19.0. The van der Waals surface area contributed by atoms with Crippen LogP contribution in [0.5, 0.6) is 0 Å². The van der Waals surface area contributed by atoms with E-state index in [2.05, 4.69) is 25.5 Å². The van der Waals surface area contributed by atoms with E-state index < -0.39 is 0 Å². The number of pyridine rings is 2. The molecule has 4 aromatic heterocycles. The van der Waals surface area contributed by atoms with Gasteiger partial charge < -0.3 is 5.32 Å². The Morgan fingerprint density at radius 2 is 1.80 bits per heavy atom. The number of H-pyrrole nitrogens is 1. The van der Waals surface area contributed by atoms with E-state index >= 15 is 0 Å². The van der Waals surface area contributed by atoms with Gasteiger partial charge >= 0.3 is 0 Å². The molecule has 1 fully saturated rings. The van der Waals surface area contributed by atoms with Crippen molar-refractivity contribution in [2.75, 3.05) is 0 Å². The van der Waals surface area contributed by atoms with Crippen molar-refractivity contribution in [3.8, 4) is 11.1 Å². The largest absolute Gasteiger partial charge is 0.348 e. The highest BCUT2D eigenvalue weighted by Gasteiger charge is 2.27. The van der Waals surface area contributed by atoms with E-state index in [9.17, 15) is 9.59 Å². The van der Waals surface area contributed by atoms with Crippen LogP contribution in [0, 0.1) is 0 Å². The molecule has 0 radical (unpaired) electrons. The van der Waals surface area contributed by atoms with E-state index in [0.717, 1.165) is 53.5 Å². The second kappa shape index (κ2) is 8.79. The highest BCUT2D eigenvalue weighted by Crippen LogP contribution is 2.34. The van der Waals surface area contributed by atoms with Gasteiger partial charge in [0.1, 0.15) is 11.3 Å². The molecule has 1 aromatic carbocycles. The van der Waals surface area contributed by atoms with Crippen LogP contribution in [0.4, 0.5) is 0 Å². The summed E-state index contributed by atoms with van der Waals surface area (Å²) in [5, 5.41) is 11.8. The van der Waals surface area contributed by atoms with Crippen LogP contribution < -0.4 is 10.9 Å². The van der Waals surface area contributed by atoms with Gasteiger partial charge in [-0.05, 0) is 55.5 Å². The molecule has 8 nitrogen and oxygen atoms in total. The van der Waals surface area contributed by atoms with Crippen LogP contribution in [0.25, 0.3) is 27.5 Å². The Balaban J connectivity index is 1.15. The Morgan fingerprint density at radius 1 is 0.971 bits per heavy atom. The number of amides is 1. The molecule has 0 unspecified atom stereocenters. The smallest absolute Gasteiger partial charge is 0.272 e. The molecular weight excluding hydrogens is 440 g/mol. The Labute approximate surface area is 201 Å². The SMILES string of the molecule is O=C(N[C@H]1CC[C@H](c2n[nH]c(=O)c3ccccc32)CC1)c1cnc2cc(-c3cccnc3)ccn12. The summed E-state index contributed by atoms with van der Waals surface area (Å²) in [6, 6.07) is 15.5. The molecule has 0 saturated heterocycles. The highest BCUT2D eigenvalue weighted by atomic mass is 16.2. The summed E-state index contributed by atoms with van der Waals surface area (Å²) < 4.78 is 1.82. The quantitative estimate of drug-likeness (QED) is 0.417. The van der Waals surface area contributed by atoms with Crippen molar-refractivity contribution in [1.82, 2.24) is 29.9 Å². The van der Waals surface area contributed by atoms with Gasteiger partial charge in [-0.15, -0.1) is 0 Å². The van der Waals surface area contributed by atoms with Crippen molar-refractivity contribution in [3.63, 3.8) is 0 Å². The van der Waals surface area contributed by atoms with Gasteiger partial charge in [0, 0.05) is 41.5 Å². The van der Waals surface area contributed by atoms with Crippen molar-refractivity contribution in [1.29, 1.82) is 0 Å². The van der Waals surface area contributed by atoms with E-state index in [-0.39, 0.29) is 23.4 Å². The lowest BCUT2D eigenvalue weighted by atomic mass is 9.82. The summed E-state index contributed by atoms with van der Waals surface area (Å²) in [6.07, 6.45) is 10.6. The van der Waals surface area contributed by atoms with Crippen molar-refractivity contribution >= 4 is 22.3 Å². The van der Waals surface area contributed by atoms with Crippen LogP contribution in [0.2, 0.25) is 0 Å². The Kier molecular flexibility index (Phi) is 5.33. The van der Waals surface area contributed by atoms with Crippen LogP contribution in [0.1, 0.15) is 47.8 Å². The monoisotopic (exact) mass is 464 g/mol. The van der Waals surface area contributed by atoms with Gasteiger partial charge in [0.15, 0.2) is 0 Å². The predicted molar refractivity (Wildman–Crippen MR) is 133 cm³/mol. The summed E-state index contributed by atoms with van der Waals surface area (Å²) in [4.78, 5) is 33.8. The van der Waals surface area contributed by atoms with E-state index in [4.69, 9.17) is 0 Å². The second-order valence-corrected chi connectivity index (χ2v) is 9.03. The number of nitrogens with zero attached hydrogens (tertiary/aromatic N) is 4. The number of carbonyl (C=O) groups excluding carboxylic acids is 1. The number of benzene rings is 1. The Bertz CT molecular complexity index is 1580. The number of hydrogen-bond donors (Lipinski definition) is 2. The van der Waals surface area contributed by atoms with Gasteiger partial charge in [0.2, 0.25) is 0 Å². The lowest BCUT2D eigenvalue weighted by Gasteiger charge is -2.29. The van der Waals surface area contributed by atoms with Crippen LogP contribution in [-0.4, -0.2) is 36.5 Å². The van der Waals surface area contributed by atoms with E-state index in [1.807, 2.05) is 65.3 Å². The van der Waals surface area contributed by atoms with Gasteiger partial charge in [-0.25, -0.2) is 10.1 Å². The summed E-state index contributed by atoms with van der Waals surface area (Å²) in [5.74, 6) is 0.134. The first-order chi connectivity index (χ1) is 17.2. The number of hydrogen-bond acceptors (Lipinski definition) is 5. The molecule has 0 aliphatic heterocycles. The molecule has 0 bridgehead atoms. The summed E-state index contributed by atoms with van der Waals surface area (Å²) in [5.41, 5.74) is 4.03. The fourth-order valence-electron chi connectivity index (χ4n) is 5.08. The molecule has 8 heteroatoms. The maximum absolute atomic E-state index is 13.1. The number of rotatable bonds is 4. The van der Waals surface area contributed by atoms with Crippen LogP contribution in [0.15, 0.2) is 78.1 Å². The zero-order chi connectivity index (χ0) is 23.8. The summed E-state index contributed by atoms with van der Waals surface area (Å²) in [7, 11) is 0. The minimum Gasteiger partial charge on any atom is -0.348 e. The van der Waals surface area contributed by atoms with Crippen molar-refractivity contribution in [2.45, 2.75) is 37.6 Å². The molecule has 35 heavy (non-hydrogen) atoms. The fourth-order valence-corrected chi connectivity index (χ4v) is 5.08. The average Bonchev–Trinajstić information content (AvgIpc) is 3.34. The molecule has 1 saturated carbocycles. The van der Waals surface area contributed by atoms with Gasteiger partial charge in [-0.1, -0.05) is 24.3 Å². The number of carbonyl (C=O) groups is 1. The maximum Gasteiger partial charge on any atom is 0.272 e. The first-order valence-electron chi connectivity index (χ1n) is 11.8. The molecule has 4 heterocycles. The van der Waals surface area contributed by atoms with Crippen LogP contribution in [0.3, 0.4) is 0 Å². The normalized spacial score (nSPS) is 18.1. The topological polar surface area (TPSA) is 105 Å².